The Balaban J connectivity index is 1.54. The molecule has 0 saturated carbocycles. The molecule has 0 saturated heterocycles. The highest BCUT2D eigenvalue weighted by molar-refractivity contribution is 7.19. The highest BCUT2D eigenvalue weighted by Gasteiger charge is 2.20. The van der Waals surface area contributed by atoms with E-state index in [4.69, 9.17) is 0 Å². The number of aromatic nitrogens is 3. The minimum Gasteiger partial charge on any atom is -0.349 e. The van der Waals surface area contributed by atoms with Crippen LogP contribution < -0.4 is 5.32 Å². The second kappa shape index (κ2) is 8.15. The first kappa shape index (κ1) is 19.9. The summed E-state index contributed by atoms with van der Waals surface area (Å²) in [6.07, 6.45) is 3.56. The van der Waals surface area contributed by atoms with E-state index in [0.717, 1.165) is 11.3 Å². The second-order valence-electron chi connectivity index (χ2n) is 7.17. The Morgan fingerprint density at radius 1 is 1.20 bits per heavy atom. The molecule has 0 aliphatic carbocycles. The molecule has 3 aromatic rings. The zero-order chi connectivity index (χ0) is 21.3. The number of amides is 2. The van der Waals surface area contributed by atoms with E-state index in [2.05, 4.69) is 25.3 Å². The van der Waals surface area contributed by atoms with E-state index in [9.17, 15) is 9.59 Å². The van der Waals surface area contributed by atoms with Gasteiger partial charge in [-0.2, -0.15) is 0 Å². The van der Waals surface area contributed by atoms with E-state index in [1.807, 2.05) is 24.4 Å². The lowest BCUT2D eigenvalue weighted by molar-refractivity contribution is -0.128. The zero-order valence-electron chi connectivity index (χ0n) is 16.9. The van der Waals surface area contributed by atoms with Crippen molar-refractivity contribution in [2.75, 3.05) is 33.0 Å². The summed E-state index contributed by atoms with van der Waals surface area (Å²) in [5.74, 6) is 0.260. The van der Waals surface area contributed by atoms with Gasteiger partial charge in [-0.25, -0.2) is 15.0 Å². The smallest absolute Gasteiger partial charge is 0.282 e. The van der Waals surface area contributed by atoms with Crippen molar-refractivity contribution >= 4 is 51.2 Å². The van der Waals surface area contributed by atoms with Gasteiger partial charge in [0.05, 0.1) is 6.54 Å². The van der Waals surface area contributed by atoms with Gasteiger partial charge in [0, 0.05) is 46.0 Å². The molecule has 1 aliphatic heterocycles. The number of thiazole rings is 1. The van der Waals surface area contributed by atoms with Gasteiger partial charge in [0.1, 0.15) is 16.7 Å². The number of fused-ring (bicyclic) bond motifs is 2. The van der Waals surface area contributed by atoms with Crippen LogP contribution in [0.15, 0.2) is 29.5 Å². The summed E-state index contributed by atoms with van der Waals surface area (Å²) in [4.78, 5) is 45.5. The molecule has 0 atom stereocenters. The van der Waals surface area contributed by atoms with E-state index < -0.39 is 0 Å². The number of nitrogens with zero attached hydrogens (tertiary/aromatic N) is 6. The summed E-state index contributed by atoms with van der Waals surface area (Å²) in [6, 6.07) is 6.01. The number of hydrogen-bond donors (Lipinski definition) is 1. The molecule has 154 valence electrons. The summed E-state index contributed by atoms with van der Waals surface area (Å²) in [5.41, 5.74) is 3.67. The Kier molecular flexibility index (Phi) is 5.40. The van der Waals surface area contributed by atoms with Crippen LogP contribution in [0.5, 0.6) is 0 Å². The van der Waals surface area contributed by atoms with Crippen molar-refractivity contribution in [2.45, 2.75) is 13.0 Å². The lowest BCUT2D eigenvalue weighted by Gasteiger charge is -2.17. The molecule has 1 aromatic carbocycles. The number of carbonyl (C=O) groups is 2. The first-order valence-electron chi connectivity index (χ1n) is 9.39. The van der Waals surface area contributed by atoms with E-state index in [1.54, 1.807) is 21.1 Å². The van der Waals surface area contributed by atoms with Gasteiger partial charge < -0.3 is 15.1 Å². The van der Waals surface area contributed by atoms with E-state index in [0.29, 0.717) is 34.3 Å². The minimum atomic E-state index is -0.246. The van der Waals surface area contributed by atoms with Crippen LogP contribution in [0.4, 0.5) is 11.5 Å². The maximum atomic E-state index is 12.8. The van der Waals surface area contributed by atoms with Gasteiger partial charge in [-0.15, -0.1) is 0 Å². The van der Waals surface area contributed by atoms with Crippen molar-refractivity contribution in [3.8, 4) is 0 Å². The molecule has 0 spiro atoms. The molecule has 4 rings (SSSR count). The maximum absolute atomic E-state index is 12.8. The maximum Gasteiger partial charge on any atom is 0.282 e. The Hall–Kier alpha value is -3.40. The topological polar surface area (TPSA) is 104 Å². The fourth-order valence-electron chi connectivity index (χ4n) is 3.00. The van der Waals surface area contributed by atoms with Gasteiger partial charge in [0.15, 0.2) is 10.8 Å². The highest BCUT2D eigenvalue weighted by Crippen LogP contribution is 2.28. The van der Waals surface area contributed by atoms with E-state index >= 15 is 0 Å². The van der Waals surface area contributed by atoms with Crippen LogP contribution in [0.3, 0.4) is 0 Å². The highest BCUT2D eigenvalue weighted by atomic mass is 32.1. The number of aliphatic imine (C=N–C) groups is 1. The predicted molar refractivity (Wildman–Crippen MR) is 117 cm³/mol. The van der Waals surface area contributed by atoms with Gasteiger partial charge in [-0.3, -0.25) is 14.6 Å². The molecule has 0 unspecified atom stereocenters. The Morgan fingerprint density at radius 3 is 2.83 bits per heavy atom. The molecule has 3 heterocycles. The van der Waals surface area contributed by atoms with Crippen LogP contribution in [0.2, 0.25) is 0 Å². The summed E-state index contributed by atoms with van der Waals surface area (Å²) >= 11 is 1.21. The molecule has 2 aromatic heterocycles. The molecule has 10 heteroatoms. The van der Waals surface area contributed by atoms with Crippen LogP contribution >= 0.6 is 11.3 Å². The van der Waals surface area contributed by atoms with E-state index in [1.165, 1.54) is 33.0 Å². The summed E-state index contributed by atoms with van der Waals surface area (Å²) < 4.78 is 0. The molecular formula is C20H21N7O2S. The van der Waals surface area contributed by atoms with Crippen LogP contribution in [0.1, 0.15) is 27.3 Å². The Morgan fingerprint density at radius 2 is 2.03 bits per heavy atom. The van der Waals surface area contributed by atoms with Crippen molar-refractivity contribution < 1.29 is 9.59 Å². The number of rotatable bonds is 6. The van der Waals surface area contributed by atoms with Crippen molar-refractivity contribution in [2.24, 2.45) is 4.99 Å². The van der Waals surface area contributed by atoms with Crippen molar-refractivity contribution in [1.29, 1.82) is 0 Å². The van der Waals surface area contributed by atoms with Gasteiger partial charge in [-0.1, -0.05) is 17.4 Å². The number of anilines is 2. The van der Waals surface area contributed by atoms with Gasteiger partial charge in [0.2, 0.25) is 5.91 Å². The lowest BCUT2D eigenvalue weighted by Crippen LogP contribution is -2.32. The van der Waals surface area contributed by atoms with Gasteiger partial charge in [-0.05, 0) is 23.3 Å². The second-order valence-corrected chi connectivity index (χ2v) is 8.15. The summed E-state index contributed by atoms with van der Waals surface area (Å²) in [6.45, 7) is 1.03. The molecule has 1 N–H and O–H groups in total. The third-order valence-corrected chi connectivity index (χ3v) is 5.74. The number of carbonyl (C=O) groups excluding carboxylic acids is 2. The Bertz CT molecular complexity index is 1160. The zero-order valence-corrected chi connectivity index (χ0v) is 17.7. The number of benzene rings is 1. The fourth-order valence-corrected chi connectivity index (χ4v) is 3.91. The van der Waals surface area contributed by atoms with Crippen LogP contribution in [0, 0.1) is 0 Å². The quantitative estimate of drug-likeness (QED) is 0.653. The molecular weight excluding hydrogens is 402 g/mol. The SMILES string of the molecule is CN(C)C(=O)CCN(C)C(=O)c1nc2c(Nc3ccc4c(c3)C=NC4)ncnc2s1. The summed E-state index contributed by atoms with van der Waals surface area (Å²) in [5, 5.41) is 3.58. The number of nitrogens with one attached hydrogen (secondary N) is 1. The first-order chi connectivity index (χ1) is 14.4. The molecule has 0 radical (unpaired) electrons. The molecule has 2 amide bonds. The normalized spacial score (nSPS) is 12.1. The van der Waals surface area contributed by atoms with Crippen LogP contribution in [-0.2, 0) is 11.3 Å². The minimum absolute atomic E-state index is 0.0318. The van der Waals surface area contributed by atoms with Crippen LogP contribution in [-0.4, -0.2) is 70.5 Å². The molecule has 0 bridgehead atoms. The average Bonchev–Trinajstić information content (AvgIpc) is 3.38. The van der Waals surface area contributed by atoms with E-state index in [-0.39, 0.29) is 18.2 Å². The molecule has 0 fully saturated rings. The lowest BCUT2D eigenvalue weighted by atomic mass is 10.1. The Labute approximate surface area is 177 Å². The molecule has 30 heavy (non-hydrogen) atoms. The fraction of sp³-hybridized carbons (Fsp3) is 0.300. The first-order valence-corrected chi connectivity index (χ1v) is 10.2. The van der Waals surface area contributed by atoms with Gasteiger partial charge in [0.25, 0.3) is 5.91 Å². The third-order valence-electron chi connectivity index (χ3n) is 4.79. The largest absolute Gasteiger partial charge is 0.349 e. The molecule has 9 nitrogen and oxygen atoms in total. The van der Waals surface area contributed by atoms with Gasteiger partial charge >= 0.3 is 0 Å². The predicted octanol–water partition coefficient (Wildman–Crippen LogP) is 2.31. The van der Waals surface area contributed by atoms with Crippen molar-refractivity contribution in [3.63, 3.8) is 0 Å². The van der Waals surface area contributed by atoms with Crippen LogP contribution in [0.25, 0.3) is 10.3 Å². The molecule has 1 aliphatic rings. The average molecular weight is 424 g/mol. The standard InChI is InChI=1S/C20H21N7O2S/c1-26(2)15(28)6-7-27(3)20(29)19-25-16-17(22-11-23-18(16)30-19)24-14-5-4-12-9-21-10-13(12)8-14/h4-5,8,10-11H,6-7,9H2,1-3H3,(H,22,23,24). The van der Waals surface area contributed by atoms with Crippen molar-refractivity contribution in [3.05, 3.63) is 40.7 Å². The monoisotopic (exact) mass is 423 g/mol. The summed E-state index contributed by atoms with van der Waals surface area (Å²) in [7, 11) is 5.05. The third kappa shape index (κ3) is 3.99. The van der Waals surface area contributed by atoms with Crippen molar-refractivity contribution in [1.82, 2.24) is 24.8 Å². The number of hydrogen-bond acceptors (Lipinski definition) is 8.